The summed E-state index contributed by atoms with van der Waals surface area (Å²) in [6, 6.07) is 70.0. The molecular formula is C84H94BN3. The molecule has 9 aromatic rings. The summed E-state index contributed by atoms with van der Waals surface area (Å²) in [6.07, 6.45) is 1.10. The molecule has 4 heteroatoms. The van der Waals surface area contributed by atoms with Crippen molar-refractivity contribution in [3.8, 4) is 11.1 Å². The number of hydrogen-bond acceptors (Lipinski definition) is 3. The molecular weight excluding hydrogens is 1060 g/mol. The summed E-state index contributed by atoms with van der Waals surface area (Å²) in [6.45, 7) is 50.1. The predicted octanol–water partition coefficient (Wildman–Crippen LogP) is 21.3. The lowest BCUT2D eigenvalue weighted by atomic mass is 9.33. The van der Waals surface area contributed by atoms with Crippen molar-refractivity contribution in [1.29, 1.82) is 0 Å². The molecule has 0 atom stereocenters. The number of rotatable bonds is 6. The summed E-state index contributed by atoms with van der Waals surface area (Å²) < 4.78 is 0. The molecule has 0 aromatic heterocycles. The van der Waals surface area contributed by atoms with Gasteiger partial charge in [0.1, 0.15) is 0 Å². The van der Waals surface area contributed by atoms with Crippen LogP contribution in [-0.4, -0.2) is 6.71 Å². The van der Waals surface area contributed by atoms with Crippen LogP contribution < -0.4 is 31.1 Å². The van der Waals surface area contributed by atoms with Gasteiger partial charge in [0.2, 0.25) is 0 Å². The van der Waals surface area contributed by atoms with Crippen molar-refractivity contribution in [3.63, 3.8) is 0 Å². The van der Waals surface area contributed by atoms with Crippen LogP contribution in [0.15, 0.2) is 176 Å². The van der Waals surface area contributed by atoms with Gasteiger partial charge in [-0.25, -0.2) is 0 Å². The molecule has 0 amide bonds. The van der Waals surface area contributed by atoms with E-state index >= 15 is 0 Å². The molecule has 0 saturated carbocycles. The Morgan fingerprint density at radius 3 is 1.28 bits per heavy atom. The number of anilines is 9. The Morgan fingerprint density at radius 1 is 0.352 bits per heavy atom. The van der Waals surface area contributed by atoms with Gasteiger partial charge in [0, 0.05) is 56.2 Å². The largest absolute Gasteiger partial charge is 0.311 e. The van der Waals surface area contributed by atoms with E-state index in [2.05, 4.69) is 336 Å². The fourth-order valence-corrected chi connectivity index (χ4v) is 16.1. The first-order valence-corrected chi connectivity index (χ1v) is 32.7. The Bertz CT molecular complexity index is 4220. The van der Waals surface area contributed by atoms with Gasteiger partial charge in [0.05, 0.1) is 11.4 Å². The third-order valence-electron chi connectivity index (χ3n) is 21.0. The van der Waals surface area contributed by atoms with E-state index < -0.39 is 0 Å². The molecule has 0 N–H and O–H groups in total. The van der Waals surface area contributed by atoms with Crippen LogP contribution in [0.25, 0.3) is 11.1 Å². The number of benzene rings is 9. The fourth-order valence-electron chi connectivity index (χ4n) is 16.1. The average Bonchev–Trinajstić information content (AvgIpc) is 0.773. The molecule has 448 valence electrons. The fraction of sp³-hybridized carbons (Fsp3) is 0.357. The van der Waals surface area contributed by atoms with Gasteiger partial charge in [-0.3, -0.25) is 0 Å². The quantitative estimate of drug-likeness (QED) is 0.154. The number of fused-ring (bicyclic) bond motifs is 7. The van der Waals surface area contributed by atoms with Gasteiger partial charge in [-0.2, -0.15) is 0 Å². The molecule has 88 heavy (non-hydrogen) atoms. The Labute approximate surface area is 529 Å². The van der Waals surface area contributed by atoms with Crippen molar-refractivity contribution < 1.29 is 0 Å². The van der Waals surface area contributed by atoms with Gasteiger partial charge in [0.25, 0.3) is 6.71 Å². The second kappa shape index (κ2) is 19.7. The smallest absolute Gasteiger partial charge is 0.252 e. The molecule has 13 rings (SSSR count). The van der Waals surface area contributed by atoms with Crippen molar-refractivity contribution in [2.75, 3.05) is 14.7 Å². The number of hydrogen-bond donors (Lipinski definition) is 0. The summed E-state index contributed by atoms with van der Waals surface area (Å²) in [5.41, 5.74) is 31.4. The van der Waals surface area contributed by atoms with Crippen LogP contribution >= 0.6 is 0 Å². The second-order valence-corrected chi connectivity index (χ2v) is 33.2. The molecule has 4 aliphatic rings. The van der Waals surface area contributed by atoms with Crippen molar-refractivity contribution in [3.05, 3.63) is 237 Å². The molecule has 0 spiro atoms. The Hall–Kier alpha value is -7.56. The third-order valence-corrected chi connectivity index (χ3v) is 21.0. The van der Waals surface area contributed by atoms with E-state index in [1.807, 2.05) is 0 Å². The van der Waals surface area contributed by atoms with Crippen LogP contribution in [0.2, 0.25) is 0 Å². The Kier molecular flexibility index (Phi) is 13.3. The molecule has 0 unspecified atom stereocenters. The minimum atomic E-state index is -0.295. The SMILES string of the molecule is Cc1cc2c(cc1N1c3ccc(C(C)(C)C)cc3B3c4cc5c(cc4N(c4ccc(C(C)(C)C)cc4-c4ccccc4)c4cc(N(c6ccc(C(C)(C)C)cc6)c6ccc(C(C)(C)C)cc6)cc1c43)C(C)(C)c1ccccc1C5(C)C)C(C)(C)CC2(C)C. The highest BCUT2D eigenvalue weighted by molar-refractivity contribution is 7.00. The van der Waals surface area contributed by atoms with Crippen molar-refractivity contribution >= 4 is 74.3 Å². The Morgan fingerprint density at radius 2 is 0.773 bits per heavy atom. The number of aryl methyl sites for hydroxylation is 1. The topological polar surface area (TPSA) is 9.72 Å². The standard InChI is InChI=1S/C84H94BN3/c1-52-43-64-65(82(16,17)51-81(64,14)15)49-72(52)88-71-42-36-57(80(11,12)13)45-68(71)85-69-48-66-67(84(20,21)63-30-26-25-29-62(63)83(66,18)19)50-73(69)87(70-41-35-56(79(8,9)10)44-61(70)53-27-23-22-24-28-53)74-46-60(47-75(88)76(74)85)86(58-37-31-54(32-38-58)77(2,3)4)59-39-33-55(34-40-59)78(5,6)7/h22-50H,51H2,1-21H3. The van der Waals surface area contributed by atoms with Crippen LogP contribution in [0.1, 0.15) is 206 Å². The molecule has 9 aromatic carbocycles. The highest BCUT2D eigenvalue weighted by Gasteiger charge is 2.50. The van der Waals surface area contributed by atoms with E-state index in [0.29, 0.717) is 0 Å². The summed E-state index contributed by atoms with van der Waals surface area (Å²) in [5, 5.41) is 0. The number of nitrogens with zero attached hydrogens (tertiary/aromatic N) is 3. The van der Waals surface area contributed by atoms with Gasteiger partial charge < -0.3 is 14.7 Å². The highest BCUT2D eigenvalue weighted by atomic mass is 15.2. The molecule has 0 bridgehead atoms. The lowest BCUT2D eigenvalue weighted by Gasteiger charge is -2.49. The molecule has 0 fully saturated rings. The van der Waals surface area contributed by atoms with E-state index in [1.54, 1.807) is 0 Å². The van der Waals surface area contributed by atoms with Gasteiger partial charge in [-0.1, -0.05) is 248 Å². The van der Waals surface area contributed by atoms with Crippen LogP contribution in [0.5, 0.6) is 0 Å². The first-order valence-electron chi connectivity index (χ1n) is 32.7. The maximum Gasteiger partial charge on any atom is 0.252 e. The zero-order chi connectivity index (χ0) is 63.0. The summed E-state index contributed by atoms with van der Waals surface area (Å²) in [5.74, 6) is 0. The van der Waals surface area contributed by atoms with Gasteiger partial charge in [0.15, 0.2) is 0 Å². The second-order valence-electron chi connectivity index (χ2n) is 33.2. The molecule has 3 nitrogen and oxygen atoms in total. The van der Waals surface area contributed by atoms with Crippen LogP contribution in [-0.2, 0) is 43.3 Å². The maximum absolute atomic E-state index is 2.73. The Balaban J connectivity index is 1.23. The third kappa shape index (κ3) is 9.42. The van der Waals surface area contributed by atoms with Crippen molar-refractivity contribution in [2.45, 2.75) is 195 Å². The molecule has 2 aliphatic carbocycles. The monoisotopic (exact) mass is 1160 g/mol. The van der Waals surface area contributed by atoms with Crippen molar-refractivity contribution in [2.24, 2.45) is 0 Å². The maximum atomic E-state index is 2.73. The molecule has 2 aliphatic heterocycles. The summed E-state index contributed by atoms with van der Waals surface area (Å²) in [4.78, 5) is 7.99. The van der Waals surface area contributed by atoms with E-state index in [1.165, 1.54) is 123 Å². The van der Waals surface area contributed by atoms with Crippen LogP contribution in [0.4, 0.5) is 51.2 Å². The minimum absolute atomic E-state index is 0.0150. The zero-order valence-electron chi connectivity index (χ0n) is 56.9. The van der Waals surface area contributed by atoms with Gasteiger partial charge >= 0.3 is 0 Å². The predicted molar refractivity (Wildman–Crippen MR) is 381 cm³/mol. The van der Waals surface area contributed by atoms with E-state index in [-0.39, 0.29) is 50.0 Å². The lowest BCUT2D eigenvalue weighted by Crippen LogP contribution is -2.62. The van der Waals surface area contributed by atoms with Crippen molar-refractivity contribution in [1.82, 2.24) is 0 Å². The first-order chi connectivity index (χ1) is 41.1. The average molecular weight is 1160 g/mol. The normalized spacial score (nSPS) is 16.7. The molecule has 2 heterocycles. The lowest BCUT2D eigenvalue weighted by molar-refractivity contribution is 0.403. The molecule has 0 radical (unpaired) electrons. The highest BCUT2D eigenvalue weighted by Crippen LogP contribution is 2.57. The summed E-state index contributed by atoms with van der Waals surface area (Å²) in [7, 11) is 0. The van der Waals surface area contributed by atoms with E-state index in [9.17, 15) is 0 Å². The van der Waals surface area contributed by atoms with E-state index in [4.69, 9.17) is 0 Å². The van der Waals surface area contributed by atoms with E-state index in [0.717, 1.165) is 23.5 Å². The first kappa shape index (κ1) is 59.4. The van der Waals surface area contributed by atoms with Gasteiger partial charge in [-0.15, -0.1) is 0 Å². The van der Waals surface area contributed by atoms with Crippen LogP contribution in [0, 0.1) is 6.92 Å². The van der Waals surface area contributed by atoms with Gasteiger partial charge in [-0.05, 0) is 196 Å². The van der Waals surface area contributed by atoms with Crippen LogP contribution in [0.3, 0.4) is 0 Å². The molecule has 0 saturated heterocycles. The zero-order valence-corrected chi connectivity index (χ0v) is 56.9. The minimum Gasteiger partial charge on any atom is -0.311 e. The summed E-state index contributed by atoms with van der Waals surface area (Å²) >= 11 is 0.